The van der Waals surface area contributed by atoms with Gasteiger partial charge in [0.1, 0.15) is 5.52 Å². The molecule has 3 rings (SSSR count). The lowest BCUT2D eigenvalue weighted by molar-refractivity contribution is -0.304. The lowest BCUT2D eigenvalue weighted by Crippen LogP contribution is -2.30. The SMILES string of the molecule is CCCCOc1nc(N)c2[nH]c(=O)n(CCNS(=O)(=O)c3cccc(CC(=O)[O-])c3)c2n1. The molecule has 13 heteroatoms. The molecule has 32 heavy (non-hydrogen) atoms. The lowest BCUT2D eigenvalue weighted by Gasteiger charge is -2.10. The number of benzene rings is 1. The Kier molecular flexibility index (Phi) is 7.10. The van der Waals surface area contributed by atoms with E-state index in [1.54, 1.807) is 0 Å². The second-order valence-corrected chi connectivity index (χ2v) is 8.73. The van der Waals surface area contributed by atoms with Crippen molar-refractivity contribution in [3.05, 3.63) is 40.3 Å². The molecule has 0 saturated heterocycles. The number of unbranched alkanes of at least 4 members (excludes halogenated alkanes) is 1. The molecule has 3 aromatic rings. The average Bonchev–Trinajstić information content (AvgIpc) is 3.04. The number of nitrogens with zero attached hydrogens (tertiary/aromatic N) is 3. The smallest absolute Gasteiger partial charge is 0.327 e. The van der Waals surface area contributed by atoms with E-state index in [1.165, 1.54) is 28.8 Å². The highest BCUT2D eigenvalue weighted by Crippen LogP contribution is 2.18. The predicted molar refractivity (Wildman–Crippen MR) is 113 cm³/mol. The standard InChI is InChI=1S/C19H24N6O6S/c1-2-3-9-31-18-23-16(20)15-17(24-18)25(19(28)22-15)8-7-21-32(29,30)13-6-4-5-12(10-13)11-14(26)27/h4-6,10,21H,2-3,7-9,11H2,1H3,(H,22,28)(H,26,27)(H2,20,23,24)/p-1. The number of carbonyl (C=O) groups excluding carboxylic acids is 1. The molecule has 0 aliphatic heterocycles. The number of nitrogens with two attached hydrogens (primary N) is 1. The number of nitrogens with one attached hydrogen (secondary N) is 2. The summed E-state index contributed by atoms with van der Waals surface area (Å²) in [6.07, 6.45) is 1.31. The van der Waals surface area contributed by atoms with Crippen LogP contribution < -0.4 is 26.0 Å². The molecule has 2 aromatic heterocycles. The Hall–Kier alpha value is -3.45. The van der Waals surface area contributed by atoms with Crippen molar-refractivity contribution in [2.24, 2.45) is 0 Å². The number of imidazole rings is 1. The highest BCUT2D eigenvalue weighted by atomic mass is 32.2. The number of rotatable bonds is 11. The molecule has 0 saturated carbocycles. The van der Waals surface area contributed by atoms with Crippen LogP contribution in [0.15, 0.2) is 34.0 Å². The fourth-order valence-electron chi connectivity index (χ4n) is 2.98. The second kappa shape index (κ2) is 9.78. The summed E-state index contributed by atoms with van der Waals surface area (Å²) in [5.41, 5.74) is 6.09. The maximum atomic E-state index is 12.6. The van der Waals surface area contributed by atoms with Crippen molar-refractivity contribution in [3.63, 3.8) is 0 Å². The fraction of sp³-hybridized carbons (Fsp3) is 0.368. The third kappa shape index (κ3) is 5.42. The highest BCUT2D eigenvalue weighted by Gasteiger charge is 2.17. The number of anilines is 1. The molecule has 0 spiro atoms. The van der Waals surface area contributed by atoms with Gasteiger partial charge in [-0.1, -0.05) is 25.5 Å². The number of aromatic amines is 1. The van der Waals surface area contributed by atoms with Crippen LogP contribution in [0.2, 0.25) is 0 Å². The molecule has 0 amide bonds. The van der Waals surface area contributed by atoms with Crippen LogP contribution in [0.5, 0.6) is 6.01 Å². The number of hydrogen-bond donors (Lipinski definition) is 3. The number of fused-ring (bicyclic) bond motifs is 1. The summed E-state index contributed by atoms with van der Waals surface area (Å²) in [5.74, 6) is -1.27. The Morgan fingerprint density at radius 1 is 1.34 bits per heavy atom. The molecule has 1 aromatic carbocycles. The maximum absolute atomic E-state index is 12.6. The van der Waals surface area contributed by atoms with Crippen LogP contribution >= 0.6 is 0 Å². The summed E-state index contributed by atoms with van der Waals surface area (Å²) in [7, 11) is -3.94. The number of carboxylic acids is 1. The van der Waals surface area contributed by atoms with E-state index < -0.39 is 28.1 Å². The Morgan fingerprint density at radius 2 is 2.12 bits per heavy atom. The quantitative estimate of drug-likeness (QED) is 0.305. The van der Waals surface area contributed by atoms with E-state index >= 15 is 0 Å². The first-order chi connectivity index (χ1) is 15.2. The number of nitrogen functional groups attached to an aromatic ring is 1. The van der Waals surface area contributed by atoms with Gasteiger partial charge >= 0.3 is 11.7 Å². The minimum absolute atomic E-state index is 0.0292. The van der Waals surface area contributed by atoms with E-state index in [0.717, 1.165) is 12.8 Å². The maximum Gasteiger partial charge on any atom is 0.327 e. The first kappa shape index (κ1) is 23.2. The van der Waals surface area contributed by atoms with Crippen LogP contribution in [0.4, 0.5) is 5.82 Å². The molecule has 172 valence electrons. The van der Waals surface area contributed by atoms with E-state index in [4.69, 9.17) is 10.5 Å². The number of aromatic nitrogens is 4. The molecular formula is C19H23N6O6S-. The van der Waals surface area contributed by atoms with Crippen LogP contribution in [0.25, 0.3) is 11.2 Å². The molecule has 4 N–H and O–H groups in total. The Balaban J connectivity index is 1.76. The largest absolute Gasteiger partial charge is 0.550 e. The summed E-state index contributed by atoms with van der Waals surface area (Å²) in [4.78, 5) is 33.8. The van der Waals surface area contributed by atoms with Gasteiger partial charge in [0.05, 0.1) is 11.5 Å². The summed E-state index contributed by atoms with van der Waals surface area (Å²) < 4.78 is 34.2. The average molecular weight is 463 g/mol. The Morgan fingerprint density at radius 3 is 2.84 bits per heavy atom. The van der Waals surface area contributed by atoms with E-state index in [0.29, 0.717) is 12.2 Å². The van der Waals surface area contributed by atoms with Crippen LogP contribution in [0, 0.1) is 0 Å². The van der Waals surface area contributed by atoms with Crippen molar-refractivity contribution in [1.29, 1.82) is 0 Å². The van der Waals surface area contributed by atoms with E-state index in [1.807, 2.05) is 6.92 Å². The normalized spacial score (nSPS) is 11.7. The van der Waals surface area contributed by atoms with Crippen LogP contribution in [0.1, 0.15) is 25.3 Å². The minimum atomic E-state index is -3.94. The van der Waals surface area contributed by atoms with Gasteiger partial charge in [-0.15, -0.1) is 0 Å². The van der Waals surface area contributed by atoms with E-state index in [2.05, 4.69) is 19.7 Å². The van der Waals surface area contributed by atoms with E-state index in [9.17, 15) is 23.1 Å². The number of sulfonamides is 1. The van der Waals surface area contributed by atoms with Gasteiger partial charge in [-0.25, -0.2) is 17.9 Å². The monoisotopic (exact) mass is 463 g/mol. The summed E-state index contributed by atoms with van der Waals surface area (Å²) in [5, 5.41) is 10.8. The number of ether oxygens (including phenoxy) is 1. The van der Waals surface area contributed by atoms with Gasteiger partial charge in [-0.3, -0.25) is 4.57 Å². The third-order valence-corrected chi connectivity index (χ3v) is 6.00. The molecule has 0 atom stereocenters. The fourth-order valence-corrected chi connectivity index (χ4v) is 4.07. The zero-order valence-corrected chi connectivity index (χ0v) is 18.1. The lowest BCUT2D eigenvalue weighted by atomic mass is 10.2. The number of H-pyrrole nitrogens is 1. The summed E-state index contributed by atoms with van der Waals surface area (Å²) >= 11 is 0. The molecule has 0 aliphatic rings. The number of carbonyl (C=O) groups is 1. The van der Waals surface area contributed by atoms with Crippen LogP contribution in [-0.2, 0) is 27.8 Å². The van der Waals surface area contributed by atoms with Crippen molar-refractivity contribution in [2.45, 2.75) is 37.6 Å². The van der Waals surface area contributed by atoms with Crippen LogP contribution in [0.3, 0.4) is 0 Å². The molecule has 0 aliphatic carbocycles. The molecule has 12 nitrogen and oxygen atoms in total. The van der Waals surface area contributed by atoms with Crippen molar-refractivity contribution in [2.75, 3.05) is 18.9 Å². The molecule has 0 bridgehead atoms. The van der Waals surface area contributed by atoms with Gasteiger partial charge in [0.25, 0.3) is 0 Å². The second-order valence-electron chi connectivity index (χ2n) is 6.97. The summed E-state index contributed by atoms with van der Waals surface area (Å²) in [6, 6.07) is 5.55. The zero-order valence-electron chi connectivity index (χ0n) is 17.3. The van der Waals surface area contributed by atoms with Gasteiger partial charge in [-0.2, -0.15) is 9.97 Å². The number of hydrogen-bond acceptors (Lipinski definition) is 9. The topological polar surface area (TPSA) is 185 Å². The van der Waals surface area contributed by atoms with Crippen molar-refractivity contribution < 1.29 is 23.1 Å². The first-order valence-electron chi connectivity index (χ1n) is 9.88. The van der Waals surface area contributed by atoms with Crippen molar-refractivity contribution in [1.82, 2.24) is 24.2 Å². The molecule has 2 heterocycles. The molecule has 0 fully saturated rings. The van der Waals surface area contributed by atoms with Gasteiger partial charge in [0, 0.05) is 25.5 Å². The van der Waals surface area contributed by atoms with Gasteiger partial charge in [0.2, 0.25) is 10.0 Å². The zero-order chi connectivity index (χ0) is 23.3. The van der Waals surface area contributed by atoms with Gasteiger partial charge in [0.15, 0.2) is 11.5 Å². The van der Waals surface area contributed by atoms with Crippen molar-refractivity contribution >= 4 is 33.0 Å². The molecule has 0 radical (unpaired) electrons. The van der Waals surface area contributed by atoms with Crippen molar-refractivity contribution in [3.8, 4) is 6.01 Å². The Bertz CT molecular complexity index is 1280. The minimum Gasteiger partial charge on any atom is -0.550 e. The van der Waals surface area contributed by atoms with E-state index in [-0.39, 0.29) is 41.0 Å². The number of carboxylic acid groups (broad SMARTS) is 1. The molecular weight excluding hydrogens is 440 g/mol. The Labute approximate surface area is 183 Å². The molecule has 0 unspecified atom stereocenters. The third-order valence-electron chi connectivity index (χ3n) is 4.54. The highest BCUT2D eigenvalue weighted by molar-refractivity contribution is 7.89. The number of aliphatic carboxylic acids is 1. The predicted octanol–water partition coefficient (Wildman–Crippen LogP) is -0.848. The van der Waals surface area contributed by atoms with Crippen LogP contribution in [-0.4, -0.2) is 47.1 Å². The van der Waals surface area contributed by atoms with Gasteiger partial charge < -0.3 is 25.4 Å². The first-order valence-corrected chi connectivity index (χ1v) is 11.4. The van der Waals surface area contributed by atoms with Gasteiger partial charge in [-0.05, 0) is 24.1 Å². The summed E-state index contributed by atoms with van der Waals surface area (Å²) in [6.45, 7) is 2.23.